The van der Waals surface area contributed by atoms with E-state index in [0.29, 0.717) is 19.0 Å². The van der Waals surface area contributed by atoms with Crippen LogP contribution < -0.4 is 10.2 Å². The van der Waals surface area contributed by atoms with Crippen molar-refractivity contribution >= 4 is 11.6 Å². The third kappa shape index (κ3) is 4.67. The highest BCUT2D eigenvalue weighted by Gasteiger charge is 2.17. The summed E-state index contributed by atoms with van der Waals surface area (Å²) < 4.78 is 1.94. The minimum Gasteiger partial charge on any atom is -0.350 e. The monoisotopic (exact) mass is 337 g/mol. The molecule has 5 heteroatoms. The molecule has 0 aliphatic rings. The fourth-order valence-electron chi connectivity index (χ4n) is 2.92. The van der Waals surface area contributed by atoms with E-state index >= 15 is 0 Å². The molecule has 1 amide bonds. The summed E-state index contributed by atoms with van der Waals surface area (Å²) in [5, 5.41) is 3.07. The second-order valence-corrected chi connectivity index (χ2v) is 6.64. The van der Waals surface area contributed by atoms with E-state index in [0.717, 1.165) is 17.8 Å². The van der Waals surface area contributed by atoms with Gasteiger partial charge in [0.1, 0.15) is 11.7 Å². The number of hydrogen-bond acceptors (Lipinski definition) is 2. The van der Waals surface area contributed by atoms with Gasteiger partial charge in [0.25, 0.3) is 0 Å². The van der Waals surface area contributed by atoms with Gasteiger partial charge in [0.05, 0.1) is 32.8 Å². The summed E-state index contributed by atoms with van der Waals surface area (Å²) in [6, 6.07) is 16.6. The van der Waals surface area contributed by atoms with E-state index in [4.69, 9.17) is 0 Å². The normalized spacial score (nSPS) is 12.4. The Morgan fingerprint density at radius 1 is 1.16 bits per heavy atom. The van der Waals surface area contributed by atoms with Crippen LogP contribution in [-0.4, -0.2) is 42.0 Å². The van der Waals surface area contributed by atoms with Crippen LogP contribution in [0, 0.1) is 0 Å². The fourth-order valence-corrected chi connectivity index (χ4v) is 2.92. The summed E-state index contributed by atoms with van der Waals surface area (Å²) in [7, 11) is 4.25. The first-order chi connectivity index (χ1) is 12.1. The van der Waals surface area contributed by atoms with Crippen molar-refractivity contribution in [3.63, 3.8) is 0 Å². The van der Waals surface area contributed by atoms with Crippen LogP contribution in [0.1, 0.15) is 11.3 Å². The summed E-state index contributed by atoms with van der Waals surface area (Å²) in [6.45, 7) is 0.656. The molecule has 0 radical (unpaired) electrons. The second kappa shape index (κ2) is 7.94. The number of carbonyl (C=O) groups excluding carboxylic acids is 1. The Balaban J connectivity index is 1.56. The number of rotatable bonds is 7. The molecule has 0 unspecified atom stereocenters. The Labute approximate surface area is 148 Å². The molecule has 130 valence electrons. The quantitative estimate of drug-likeness (QED) is 0.668. The summed E-state index contributed by atoms with van der Waals surface area (Å²) in [5.41, 5.74) is 2.95. The number of pyridine rings is 1. The highest BCUT2D eigenvalue weighted by molar-refractivity contribution is 5.78. The van der Waals surface area contributed by atoms with Crippen molar-refractivity contribution in [1.82, 2.24) is 14.7 Å². The summed E-state index contributed by atoms with van der Waals surface area (Å²) >= 11 is 0. The average Bonchev–Trinajstić information content (AvgIpc) is 3.01. The predicted molar refractivity (Wildman–Crippen MR) is 98.7 cm³/mol. The highest BCUT2D eigenvalue weighted by Crippen LogP contribution is 2.05. The molecule has 0 aliphatic carbocycles. The number of carbonyl (C=O) groups is 1. The van der Waals surface area contributed by atoms with Crippen LogP contribution >= 0.6 is 0 Å². The lowest BCUT2D eigenvalue weighted by atomic mass is 10.1. The fraction of sp³-hybridized carbons (Fsp3) is 0.300. The predicted octanol–water partition coefficient (Wildman–Crippen LogP) is 0.749. The van der Waals surface area contributed by atoms with Gasteiger partial charge in [-0.2, -0.15) is 0 Å². The number of likely N-dealkylation sites (N-methyl/N-ethyl adjacent to an activating group) is 1. The van der Waals surface area contributed by atoms with E-state index in [1.54, 1.807) is 0 Å². The van der Waals surface area contributed by atoms with E-state index in [9.17, 15) is 4.79 Å². The van der Waals surface area contributed by atoms with E-state index < -0.39 is 0 Å². The van der Waals surface area contributed by atoms with Crippen molar-refractivity contribution in [2.45, 2.75) is 18.9 Å². The van der Waals surface area contributed by atoms with E-state index in [-0.39, 0.29) is 5.91 Å². The van der Waals surface area contributed by atoms with Crippen molar-refractivity contribution < 1.29 is 9.69 Å². The molecule has 0 spiro atoms. The molecule has 2 aromatic heterocycles. The average molecular weight is 337 g/mol. The molecule has 3 aromatic rings. The molecular formula is C20H25N4O+. The first-order valence-electron chi connectivity index (χ1n) is 8.65. The highest BCUT2D eigenvalue weighted by atomic mass is 16.1. The zero-order valence-corrected chi connectivity index (χ0v) is 14.8. The smallest absolute Gasteiger partial charge is 0.226 e. The number of imidazole rings is 1. The number of nitrogens with one attached hydrogen (secondary N) is 2. The van der Waals surface area contributed by atoms with Gasteiger partial charge in [-0.1, -0.05) is 36.4 Å². The van der Waals surface area contributed by atoms with Gasteiger partial charge in [0.15, 0.2) is 0 Å². The minimum absolute atomic E-state index is 0.0164. The molecule has 0 saturated heterocycles. The number of benzene rings is 1. The SMILES string of the molecule is C[NH+](C)[C@H](CNC(=O)Cc1cn2ccccc2n1)Cc1ccccc1. The lowest BCUT2D eigenvalue weighted by molar-refractivity contribution is -0.884. The van der Waals surface area contributed by atoms with Crippen LogP contribution in [0.2, 0.25) is 0 Å². The van der Waals surface area contributed by atoms with Gasteiger partial charge in [0, 0.05) is 18.8 Å². The van der Waals surface area contributed by atoms with E-state index in [2.05, 4.69) is 48.7 Å². The topological polar surface area (TPSA) is 50.8 Å². The van der Waals surface area contributed by atoms with E-state index in [1.807, 2.05) is 41.1 Å². The van der Waals surface area contributed by atoms with E-state index in [1.165, 1.54) is 10.5 Å². The molecule has 0 saturated carbocycles. The number of quaternary nitrogens is 1. The molecule has 5 nitrogen and oxygen atoms in total. The van der Waals surface area contributed by atoms with Crippen molar-refractivity contribution in [1.29, 1.82) is 0 Å². The number of aromatic nitrogens is 2. The largest absolute Gasteiger partial charge is 0.350 e. The molecule has 1 aromatic carbocycles. The Morgan fingerprint density at radius 2 is 1.92 bits per heavy atom. The maximum absolute atomic E-state index is 12.3. The van der Waals surface area contributed by atoms with Crippen LogP contribution in [0.4, 0.5) is 0 Å². The van der Waals surface area contributed by atoms with Crippen molar-refractivity contribution in [2.75, 3.05) is 20.6 Å². The molecule has 1 atom stereocenters. The van der Waals surface area contributed by atoms with Crippen LogP contribution in [0.3, 0.4) is 0 Å². The van der Waals surface area contributed by atoms with Crippen LogP contribution in [0.15, 0.2) is 60.9 Å². The maximum atomic E-state index is 12.3. The van der Waals surface area contributed by atoms with Gasteiger partial charge >= 0.3 is 0 Å². The zero-order valence-electron chi connectivity index (χ0n) is 14.8. The number of fused-ring (bicyclic) bond motifs is 1. The number of nitrogens with zero attached hydrogens (tertiary/aromatic N) is 2. The molecule has 0 bridgehead atoms. The van der Waals surface area contributed by atoms with Gasteiger partial charge in [-0.05, 0) is 17.7 Å². The Kier molecular flexibility index (Phi) is 5.46. The second-order valence-electron chi connectivity index (χ2n) is 6.64. The molecule has 0 aliphatic heterocycles. The maximum Gasteiger partial charge on any atom is 0.226 e. The molecule has 2 heterocycles. The van der Waals surface area contributed by atoms with Crippen LogP contribution in [0.5, 0.6) is 0 Å². The van der Waals surface area contributed by atoms with Crippen molar-refractivity contribution in [2.24, 2.45) is 0 Å². The molecular weight excluding hydrogens is 312 g/mol. The summed E-state index contributed by atoms with van der Waals surface area (Å²) in [5.74, 6) is 0.0164. The van der Waals surface area contributed by atoms with Gasteiger partial charge in [-0.25, -0.2) is 4.98 Å². The summed E-state index contributed by atoms with van der Waals surface area (Å²) in [4.78, 5) is 18.1. The van der Waals surface area contributed by atoms with Crippen LogP contribution in [0.25, 0.3) is 5.65 Å². The Morgan fingerprint density at radius 3 is 2.64 bits per heavy atom. The Hall–Kier alpha value is -2.66. The van der Waals surface area contributed by atoms with Gasteiger partial charge in [-0.3, -0.25) is 4.79 Å². The van der Waals surface area contributed by atoms with Gasteiger partial charge in [0.2, 0.25) is 5.91 Å². The lowest BCUT2D eigenvalue weighted by Gasteiger charge is -2.22. The molecule has 2 N–H and O–H groups in total. The molecule has 0 fully saturated rings. The lowest BCUT2D eigenvalue weighted by Crippen LogP contribution is -3.11. The van der Waals surface area contributed by atoms with Crippen molar-refractivity contribution in [3.8, 4) is 0 Å². The standard InChI is InChI=1S/C20H24N4O/c1-23(2)18(12-16-8-4-3-5-9-16)14-21-20(25)13-17-15-24-11-7-6-10-19(24)22-17/h3-11,15,18H,12-14H2,1-2H3,(H,21,25)/p+1/t18-/m0/s1. The Bertz CT molecular complexity index is 793. The third-order valence-electron chi connectivity index (χ3n) is 4.44. The van der Waals surface area contributed by atoms with Gasteiger partial charge < -0.3 is 14.6 Å². The van der Waals surface area contributed by atoms with Crippen LogP contribution in [-0.2, 0) is 17.6 Å². The molecule has 3 rings (SSSR count). The first kappa shape index (κ1) is 17.2. The molecule has 25 heavy (non-hydrogen) atoms. The number of hydrogen-bond donors (Lipinski definition) is 2. The zero-order chi connectivity index (χ0) is 17.6. The third-order valence-corrected chi connectivity index (χ3v) is 4.44. The van der Waals surface area contributed by atoms with Gasteiger partial charge in [-0.15, -0.1) is 0 Å². The number of amides is 1. The van der Waals surface area contributed by atoms with Crippen molar-refractivity contribution in [3.05, 3.63) is 72.2 Å². The summed E-state index contributed by atoms with van der Waals surface area (Å²) in [6.07, 6.45) is 5.10. The first-order valence-corrected chi connectivity index (χ1v) is 8.65. The minimum atomic E-state index is 0.0164.